The minimum atomic E-state index is -0.575. The van der Waals surface area contributed by atoms with Gasteiger partial charge in [0.25, 0.3) is 5.91 Å². The maximum Gasteiger partial charge on any atom is 0.337 e. The number of amides is 1. The smallest absolute Gasteiger partial charge is 0.337 e. The molecule has 1 aliphatic rings. The zero-order valence-electron chi connectivity index (χ0n) is 15.9. The first kappa shape index (κ1) is 21.3. The molecule has 31 heavy (non-hydrogen) atoms. The third-order valence-electron chi connectivity index (χ3n) is 4.45. The highest BCUT2D eigenvalue weighted by Gasteiger charge is 2.34. The highest BCUT2D eigenvalue weighted by atomic mass is 35.5. The molecule has 1 aromatic heterocycles. The predicted octanol–water partition coefficient (Wildman–Crippen LogP) is 5.93. The van der Waals surface area contributed by atoms with Gasteiger partial charge in [0.2, 0.25) is 0 Å². The lowest BCUT2D eigenvalue weighted by molar-refractivity contribution is -0.113. The van der Waals surface area contributed by atoms with Crippen LogP contribution >= 0.6 is 35.6 Å². The lowest BCUT2D eigenvalue weighted by atomic mass is 10.1. The van der Waals surface area contributed by atoms with E-state index in [0.717, 1.165) is 17.3 Å². The van der Waals surface area contributed by atoms with Crippen molar-refractivity contribution in [3.8, 4) is 11.3 Å². The molecule has 0 aliphatic carbocycles. The van der Waals surface area contributed by atoms with Crippen LogP contribution in [-0.2, 0) is 9.53 Å². The molecule has 0 saturated carbocycles. The van der Waals surface area contributed by atoms with Crippen molar-refractivity contribution >= 4 is 63.5 Å². The summed E-state index contributed by atoms with van der Waals surface area (Å²) in [6.45, 7) is 0. The van der Waals surface area contributed by atoms with Crippen LogP contribution in [0.2, 0.25) is 5.02 Å². The molecule has 0 spiro atoms. The van der Waals surface area contributed by atoms with Crippen LogP contribution in [0.25, 0.3) is 17.4 Å². The van der Waals surface area contributed by atoms with Crippen molar-refractivity contribution in [3.05, 3.63) is 81.7 Å². The zero-order valence-corrected chi connectivity index (χ0v) is 18.3. The van der Waals surface area contributed by atoms with Crippen LogP contribution < -0.4 is 4.90 Å². The fourth-order valence-electron chi connectivity index (χ4n) is 2.92. The van der Waals surface area contributed by atoms with Crippen molar-refractivity contribution in [2.45, 2.75) is 0 Å². The van der Waals surface area contributed by atoms with Gasteiger partial charge in [-0.05, 0) is 42.5 Å². The summed E-state index contributed by atoms with van der Waals surface area (Å²) in [5, 5.41) is -0.0931. The fraction of sp³-hybridized carbons (Fsp3) is 0.0455. The number of ether oxygens (including phenoxy) is 1. The molecule has 1 fully saturated rings. The Hall–Kier alpha value is -2.94. The second-order valence-electron chi connectivity index (χ2n) is 6.39. The van der Waals surface area contributed by atoms with Gasteiger partial charge in [0.05, 0.1) is 28.3 Å². The van der Waals surface area contributed by atoms with E-state index in [-0.39, 0.29) is 10.9 Å². The molecule has 0 N–H and O–H groups in total. The number of anilines is 1. The van der Waals surface area contributed by atoms with Crippen LogP contribution in [-0.4, -0.2) is 23.3 Å². The lowest BCUT2D eigenvalue weighted by Crippen LogP contribution is -2.27. The second-order valence-corrected chi connectivity index (χ2v) is 8.47. The molecule has 2 aromatic carbocycles. The molecule has 0 bridgehead atoms. The van der Waals surface area contributed by atoms with Crippen LogP contribution in [0.15, 0.2) is 63.9 Å². The number of nitrogens with zero attached hydrogens (tertiary/aromatic N) is 1. The molecular weight excluding hydrogens is 461 g/mol. The molecule has 0 atom stereocenters. The Labute approximate surface area is 191 Å². The van der Waals surface area contributed by atoms with Gasteiger partial charge in [0.15, 0.2) is 4.32 Å². The van der Waals surface area contributed by atoms with Gasteiger partial charge in [0, 0.05) is 11.6 Å². The van der Waals surface area contributed by atoms with Crippen LogP contribution in [0.1, 0.15) is 16.1 Å². The van der Waals surface area contributed by atoms with Gasteiger partial charge >= 0.3 is 5.97 Å². The highest BCUT2D eigenvalue weighted by molar-refractivity contribution is 8.27. The van der Waals surface area contributed by atoms with Crippen molar-refractivity contribution in [2.24, 2.45) is 0 Å². The molecule has 3 aromatic rings. The number of hydrogen-bond acceptors (Lipinski definition) is 6. The average Bonchev–Trinajstić information content (AvgIpc) is 3.34. The second kappa shape index (κ2) is 8.66. The van der Waals surface area contributed by atoms with Gasteiger partial charge < -0.3 is 9.15 Å². The Kier molecular flexibility index (Phi) is 5.95. The van der Waals surface area contributed by atoms with Gasteiger partial charge in [-0.1, -0.05) is 47.7 Å². The SMILES string of the molecule is COC(=O)c1ccc(-c2ccc(/C=C3/SC(=S)N(c4ccc(F)c(Cl)c4)C3=O)o2)cc1. The Balaban J connectivity index is 1.56. The number of furan rings is 1. The van der Waals surface area contributed by atoms with E-state index >= 15 is 0 Å². The van der Waals surface area contributed by atoms with Crippen LogP contribution in [0.4, 0.5) is 10.1 Å². The molecule has 0 radical (unpaired) electrons. The highest BCUT2D eigenvalue weighted by Crippen LogP contribution is 2.37. The number of halogens is 2. The lowest BCUT2D eigenvalue weighted by Gasteiger charge is -2.14. The molecule has 4 rings (SSSR count). The maximum atomic E-state index is 13.4. The van der Waals surface area contributed by atoms with Crippen molar-refractivity contribution < 1.29 is 23.1 Å². The Morgan fingerprint density at radius 2 is 1.94 bits per heavy atom. The fourth-order valence-corrected chi connectivity index (χ4v) is 4.37. The summed E-state index contributed by atoms with van der Waals surface area (Å²) in [6.07, 6.45) is 1.59. The zero-order chi connectivity index (χ0) is 22.1. The monoisotopic (exact) mass is 473 g/mol. The number of hydrogen-bond donors (Lipinski definition) is 0. The molecule has 156 valence electrons. The predicted molar refractivity (Wildman–Crippen MR) is 123 cm³/mol. The van der Waals surface area contributed by atoms with E-state index in [9.17, 15) is 14.0 Å². The maximum absolute atomic E-state index is 13.4. The van der Waals surface area contributed by atoms with Crippen LogP contribution in [0.5, 0.6) is 0 Å². The van der Waals surface area contributed by atoms with Gasteiger partial charge in [-0.2, -0.15) is 0 Å². The topological polar surface area (TPSA) is 59.8 Å². The summed E-state index contributed by atoms with van der Waals surface area (Å²) in [4.78, 5) is 26.1. The number of methoxy groups -OCH3 is 1. The third kappa shape index (κ3) is 4.27. The van der Waals surface area contributed by atoms with Crippen LogP contribution in [0, 0.1) is 5.82 Å². The molecular formula is C22H13ClFNO4S2. The van der Waals surface area contributed by atoms with Crippen molar-refractivity contribution in [2.75, 3.05) is 12.0 Å². The van der Waals surface area contributed by atoms with Crippen molar-refractivity contribution in [1.82, 2.24) is 0 Å². The molecule has 2 heterocycles. The number of carbonyl (C=O) groups is 2. The standard InChI is InChI=1S/C22H13ClFNO4S2/c1-28-21(27)13-4-2-12(3-5-13)18-9-7-15(29-18)11-19-20(26)25(22(30)31-19)14-6-8-17(24)16(23)10-14/h2-11H,1H3/b19-11+. The van der Waals surface area contributed by atoms with E-state index < -0.39 is 11.8 Å². The summed E-state index contributed by atoms with van der Waals surface area (Å²) in [7, 11) is 1.32. The average molecular weight is 474 g/mol. The van der Waals surface area contributed by atoms with E-state index in [4.69, 9.17) is 28.2 Å². The molecule has 1 saturated heterocycles. The molecule has 5 nitrogen and oxygen atoms in total. The van der Waals surface area contributed by atoms with Crippen molar-refractivity contribution in [3.63, 3.8) is 0 Å². The number of thioether (sulfide) groups is 1. The Bertz CT molecular complexity index is 1240. The largest absolute Gasteiger partial charge is 0.465 e. The van der Waals surface area contributed by atoms with Gasteiger partial charge in [-0.25, -0.2) is 9.18 Å². The summed E-state index contributed by atoms with van der Waals surface area (Å²) in [5.41, 5.74) is 1.59. The van der Waals surface area contributed by atoms with Crippen molar-refractivity contribution in [1.29, 1.82) is 0 Å². The minimum absolute atomic E-state index is 0.0931. The van der Waals surface area contributed by atoms with E-state index in [0.29, 0.717) is 32.0 Å². The van der Waals surface area contributed by atoms with Gasteiger partial charge in [0.1, 0.15) is 17.3 Å². The molecule has 9 heteroatoms. The summed E-state index contributed by atoms with van der Waals surface area (Å²) in [6, 6.07) is 14.2. The quantitative estimate of drug-likeness (QED) is 0.266. The molecule has 0 unspecified atom stereocenters. The molecule has 1 aliphatic heterocycles. The summed E-state index contributed by atoms with van der Waals surface area (Å²) in [5.74, 6) is -0.309. The number of esters is 1. The van der Waals surface area contributed by atoms with E-state index in [1.165, 1.54) is 30.2 Å². The van der Waals surface area contributed by atoms with E-state index in [1.807, 2.05) is 0 Å². The number of thiocarbonyl (C=S) groups is 1. The number of benzene rings is 2. The van der Waals surface area contributed by atoms with E-state index in [1.54, 1.807) is 42.5 Å². The first-order chi connectivity index (χ1) is 14.9. The first-order valence-electron chi connectivity index (χ1n) is 8.89. The van der Waals surface area contributed by atoms with Crippen LogP contribution in [0.3, 0.4) is 0 Å². The van der Waals surface area contributed by atoms with E-state index in [2.05, 4.69) is 4.74 Å². The normalized spacial score (nSPS) is 15.1. The summed E-state index contributed by atoms with van der Waals surface area (Å²) >= 11 is 12.3. The Morgan fingerprint density at radius 1 is 1.19 bits per heavy atom. The third-order valence-corrected chi connectivity index (χ3v) is 6.04. The summed E-state index contributed by atoms with van der Waals surface area (Å²) < 4.78 is 24.3. The number of carbonyl (C=O) groups excluding carboxylic acids is 2. The van der Waals surface area contributed by atoms with Gasteiger partial charge in [-0.3, -0.25) is 9.69 Å². The van der Waals surface area contributed by atoms with Gasteiger partial charge in [-0.15, -0.1) is 0 Å². The number of rotatable bonds is 4. The molecule has 1 amide bonds. The minimum Gasteiger partial charge on any atom is -0.465 e. The first-order valence-corrected chi connectivity index (χ1v) is 10.5. The Morgan fingerprint density at radius 3 is 2.61 bits per heavy atom.